The Hall–Kier alpha value is -2.13. The van der Waals surface area contributed by atoms with Crippen LogP contribution < -0.4 is 5.73 Å². The number of carbonyl (C=O) groups excluding carboxylic acids is 1. The summed E-state index contributed by atoms with van der Waals surface area (Å²) in [7, 11) is 0. The summed E-state index contributed by atoms with van der Waals surface area (Å²) in [6, 6.07) is 18.8. The molecule has 1 saturated heterocycles. The third kappa shape index (κ3) is 3.93. The first-order valence-electron chi connectivity index (χ1n) is 9.02. The van der Waals surface area contributed by atoms with E-state index in [9.17, 15) is 4.79 Å². The molecule has 1 aliphatic rings. The molecule has 0 bridgehead atoms. The molecule has 1 fully saturated rings. The van der Waals surface area contributed by atoms with Crippen LogP contribution in [0.1, 0.15) is 42.9 Å². The predicted molar refractivity (Wildman–Crippen MR) is 103 cm³/mol. The fourth-order valence-electron chi connectivity index (χ4n) is 3.68. The maximum Gasteiger partial charge on any atom is 0.223 e. The lowest BCUT2D eigenvalue weighted by molar-refractivity contribution is -0.131. The van der Waals surface area contributed by atoms with E-state index in [-0.39, 0.29) is 23.3 Å². The first-order chi connectivity index (χ1) is 11.9. The number of likely N-dealkylation sites (tertiary alicyclic amines) is 1. The Bertz CT molecular complexity index is 721. The van der Waals surface area contributed by atoms with Crippen molar-refractivity contribution in [3.63, 3.8) is 0 Å². The smallest absolute Gasteiger partial charge is 0.223 e. The summed E-state index contributed by atoms with van der Waals surface area (Å²) in [5.74, 6) is 0.423. The molecule has 132 valence electrons. The van der Waals surface area contributed by atoms with Crippen molar-refractivity contribution in [2.45, 2.75) is 44.6 Å². The molecule has 2 aromatic rings. The van der Waals surface area contributed by atoms with Crippen molar-refractivity contribution >= 4 is 5.91 Å². The number of benzene rings is 2. The molecule has 0 unspecified atom stereocenters. The maximum atomic E-state index is 12.9. The first kappa shape index (κ1) is 17.7. The van der Waals surface area contributed by atoms with E-state index in [2.05, 4.69) is 57.2 Å². The molecular formula is C22H28N2O. The minimum atomic E-state index is -0.181. The van der Waals surface area contributed by atoms with Crippen LogP contribution in [-0.2, 0) is 10.2 Å². The Balaban J connectivity index is 1.68. The van der Waals surface area contributed by atoms with Gasteiger partial charge in [-0.25, -0.2) is 0 Å². The van der Waals surface area contributed by atoms with E-state index in [4.69, 9.17) is 5.73 Å². The molecule has 1 aliphatic heterocycles. The second kappa shape index (κ2) is 7.01. The lowest BCUT2D eigenvalue weighted by Gasteiger charge is -2.27. The Kier molecular flexibility index (Phi) is 4.96. The summed E-state index contributed by atoms with van der Waals surface area (Å²) in [5, 5.41) is 0. The van der Waals surface area contributed by atoms with Crippen molar-refractivity contribution in [1.29, 1.82) is 0 Å². The molecule has 3 nitrogen and oxygen atoms in total. The van der Waals surface area contributed by atoms with Crippen LogP contribution in [0.25, 0.3) is 0 Å². The van der Waals surface area contributed by atoms with Gasteiger partial charge < -0.3 is 10.6 Å². The van der Waals surface area contributed by atoms with Gasteiger partial charge in [0.05, 0.1) is 0 Å². The third-order valence-electron chi connectivity index (χ3n) is 5.37. The number of hydrogen-bond acceptors (Lipinski definition) is 2. The number of aryl methyl sites for hydroxylation is 1. The average Bonchev–Trinajstić information content (AvgIpc) is 2.98. The van der Waals surface area contributed by atoms with Gasteiger partial charge in [-0.3, -0.25) is 4.79 Å². The molecule has 0 spiro atoms. The van der Waals surface area contributed by atoms with Crippen LogP contribution in [0.15, 0.2) is 54.6 Å². The quantitative estimate of drug-likeness (QED) is 0.927. The van der Waals surface area contributed by atoms with Crippen LogP contribution in [0.2, 0.25) is 0 Å². The molecule has 0 saturated carbocycles. The number of nitrogens with zero attached hydrogens (tertiary/aromatic N) is 1. The minimum absolute atomic E-state index is 0.00818. The van der Waals surface area contributed by atoms with Crippen molar-refractivity contribution in [3.05, 3.63) is 71.3 Å². The molecule has 1 amide bonds. The summed E-state index contributed by atoms with van der Waals surface area (Å²) < 4.78 is 0. The van der Waals surface area contributed by atoms with Crippen molar-refractivity contribution in [2.75, 3.05) is 13.1 Å². The second-order valence-electron chi connectivity index (χ2n) is 7.91. The fourth-order valence-corrected chi connectivity index (χ4v) is 3.68. The van der Waals surface area contributed by atoms with E-state index in [0.29, 0.717) is 19.5 Å². The van der Waals surface area contributed by atoms with E-state index < -0.39 is 0 Å². The first-order valence-corrected chi connectivity index (χ1v) is 9.02. The van der Waals surface area contributed by atoms with Gasteiger partial charge in [0.1, 0.15) is 0 Å². The van der Waals surface area contributed by atoms with Crippen LogP contribution in [-0.4, -0.2) is 29.9 Å². The van der Waals surface area contributed by atoms with E-state index in [1.165, 1.54) is 16.7 Å². The number of hydrogen-bond donors (Lipinski definition) is 1. The highest BCUT2D eigenvalue weighted by molar-refractivity contribution is 5.78. The zero-order valence-corrected chi connectivity index (χ0v) is 15.4. The summed E-state index contributed by atoms with van der Waals surface area (Å²) in [5.41, 5.74) is 9.82. The van der Waals surface area contributed by atoms with E-state index >= 15 is 0 Å². The largest absolute Gasteiger partial charge is 0.340 e. The van der Waals surface area contributed by atoms with Crippen molar-refractivity contribution in [1.82, 2.24) is 4.90 Å². The zero-order chi connectivity index (χ0) is 18.0. The fraction of sp³-hybridized carbons (Fsp3) is 0.409. The molecule has 0 aliphatic carbocycles. The number of carbonyl (C=O) groups is 1. The molecule has 0 aromatic heterocycles. The molecule has 2 aromatic carbocycles. The Morgan fingerprint density at radius 1 is 1.08 bits per heavy atom. The second-order valence-corrected chi connectivity index (χ2v) is 7.91. The molecule has 0 radical (unpaired) electrons. The summed E-state index contributed by atoms with van der Waals surface area (Å²) in [6.07, 6.45) is 0.504. The van der Waals surface area contributed by atoms with Crippen molar-refractivity contribution in [3.8, 4) is 0 Å². The van der Waals surface area contributed by atoms with Crippen molar-refractivity contribution < 1.29 is 4.79 Å². The summed E-state index contributed by atoms with van der Waals surface area (Å²) >= 11 is 0. The zero-order valence-electron chi connectivity index (χ0n) is 15.4. The van der Waals surface area contributed by atoms with E-state index in [0.717, 1.165) is 0 Å². The molecule has 25 heavy (non-hydrogen) atoms. The highest BCUT2D eigenvalue weighted by Gasteiger charge is 2.36. The topological polar surface area (TPSA) is 46.3 Å². The predicted octanol–water partition coefficient (Wildman–Crippen LogP) is 3.62. The van der Waals surface area contributed by atoms with Gasteiger partial charge in [-0.05, 0) is 23.5 Å². The number of nitrogens with two attached hydrogens (primary N) is 1. The Morgan fingerprint density at radius 2 is 1.72 bits per heavy atom. The SMILES string of the molecule is Cc1ccc(C(C)(C)CC(=O)N2C[C@@H](N)[C@H](c3ccccc3)C2)cc1. The van der Waals surface area contributed by atoms with Crippen LogP contribution in [0.4, 0.5) is 0 Å². The normalized spacial score (nSPS) is 20.7. The van der Waals surface area contributed by atoms with Crippen LogP contribution in [0.5, 0.6) is 0 Å². The van der Waals surface area contributed by atoms with Gasteiger partial charge >= 0.3 is 0 Å². The average molecular weight is 336 g/mol. The van der Waals surface area contributed by atoms with Gasteiger partial charge in [0, 0.05) is 31.5 Å². The third-order valence-corrected chi connectivity index (χ3v) is 5.37. The molecule has 2 N–H and O–H groups in total. The van der Waals surface area contributed by atoms with Gasteiger partial charge in [-0.1, -0.05) is 74.0 Å². The van der Waals surface area contributed by atoms with E-state index in [1.807, 2.05) is 23.1 Å². The molecule has 1 heterocycles. The Morgan fingerprint density at radius 3 is 2.36 bits per heavy atom. The lowest BCUT2D eigenvalue weighted by atomic mass is 9.81. The van der Waals surface area contributed by atoms with Crippen LogP contribution in [0, 0.1) is 6.92 Å². The summed E-state index contributed by atoms with van der Waals surface area (Å²) in [6.45, 7) is 7.72. The van der Waals surface area contributed by atoms with Gasteiger partial charge in [-0.2, -0.15) is 0 Å². The van der Waals surface area contributed by atoms with E-state index in [1.54, 1.807) is 0 Å². The minimum Gasteiger partial charge on any atom is -0.340 e. The highest BCUT2D eigenvalue weighted by Crippen LogP contribution is 2.31. The van der Waals surface area contributed by atoms with Gasteiger partial charge in [0.15, 0.2) is 0 Å². The standard InChI is InChI=1S/C22H28N2O/c1-16-9-11-18(12-10-16)22(2,3)13-21(25)24-14-19(20(23)15-24)17-7-5-4-6-8-17/h4-12,19-20H,13-15,23H2,1-3H3/t19-,20+/m0/s1. The van der Waals surface area contributed by atoms with Gasteiger partial charge in [0.25, 0.3) is 0 Å². The molecular weight excluding hydrogens is 308 g/mol. The number of rotatable bonds is 4. The van der Waals surface area contributed by atoms with Crippen LogP contribution in [0.3, 0.4) is 0 Å². The van der Waals surface area contributed by atoms with Crippen molar-refractivity contribution in [2.24, 2.45) is 5.73 Å². The van der Waals surface area contributed by atoms with Gasteiger partial charge in [-0.15, -0.1) is 0 Å². The van der Waals surface area contributed by atoms with Crippen LogP contribution >= 0.6 is 0 Å². The molecule has 3 heteroatoms. The molecule has 3 rings (SSSR count). The molecule has 2 atom stereocenters. The highest BCUT2D eigenvalue weighted by atomic mass is 16.2. The number of amides is 1. The van der Waals surface area contributed by atoms with Gasteiger partial charge in [0.2, 0.25) is 5.91 Å². The maximum absolute atomic E-state index is 12.9. The summed E-state index contributed by atoms with van der Waals surface area (Å²) in [4.78, 5) is 14.8. The monoisotopic (exact) mass is 336 g/mol. The lowest BCUT2D eigenvalue weighted by Crippen LogP contribution is -2.35. The Labute approximate surface area is 150 Å².